The van der Waals surface area contributed by atoms with Crippen molar-refractivity contribution in [2.45, 2.75) is 39.0 Å². The summed E-state index contributed by atoms with van der Waals surface area (Å²) in [6.45, 7) is 8.92. The van der Waals surface area contributed by atoms with Gasteiger partial charge < -0.3 is 9.64 Å². The summed E-state index contributed by atoms with van der Waals surface area (Å²) in [5.74, 6) is 2.01. The Balaban J connectivity index is 2.21. The number of rotatable bonds is 2. The van der Waals surface area contributed by atoms with E-state index in [1.54, 1.807) is 7.11 Å². The molecule has 0 amide bonds. The summed E-state index contributed by atoms with van der Waals surface area (Å²) in [7, 11) is 1.72. The minimum atomic E-state index is 0.0303. The molecule has 1 aliphatic heterocycles. The highest BCUT2D eigenvalue weighted by atomic mass is 16.5. The lowest BCUT2D eigenvalue weighted by molar-refractivity contribution is 0.415. The van der Waals surface area contributed by atoms with Gasteiger partial charge in [0.15, 0.2) is 0 Å². The average molecular weight is 284 g/mol. The second-order valence-electron chi connectivity index (χ2n) is 6.86. The van der Waals surface area contributed by atoms with Crippen molar-refractivity contribution in [1.29, 1.82) is 0 Å². The first-order valence-corrected chi connectivity index (χ1v) is 7.73. The molecule has 1 aromatic carbocycles. The van der Waals surface area contributed by atoms with Gasteiger partial charge in [0, 0.05) is 23.9 Å². The first-order valence-electron chi connectivity index (χ1n) is 7.73. The van der Waals surface area contributed by atoms with Gasteiger partial charge in [0.25, 0.3) is 0 Å². The van der Waals surface area contributed by atoms with E-state index < -0.39 is 0 Å². The van der Waals surface area contributed by atoms with E-state index in [1.807, 2.05) is 6.07 Å². The Hall–Kier alpha value is -1.77. The summed E-state index contributed by atoms with van der Waals surface area (Å²) in [6, 6.07) is 8.48. The van der Waals surface area contributed by atoms with E-state index in [-0.39, 0.29) is 5.41 Å². The second kappa shape index (κ2) is 5.21. The first-order chi connectivity index (χ1) is 9.99. The molecule has 0 saturated carbocycles. The number of methoxy groups -OCH3 is 1. The Morgan fingerprint density at radius 1 is 1.10 bits per heavy atom. The van der Waals surface area contributed by atoms with Gasteiger partial charge in [-0.1, -0.05) is 20.8 Å². The Bertz CT molecular complexity index is 652. The number of pyridine rings is 1. The Labute approximate surface area is 126 Å². The van der Waals surface area contributed by atoms with Crippen LogP contribution in [0.4, 0.5) is 5.82 Å². The van der Waals surface area contributed by atoms with Crippen LogP contribution in [0.3, 0.4) is 0 Å². The number of fused-ring (bicyclic) bond motifs is 1. The third-order valence-corrected chi connectivity index (χ3v) is 4.17. The number of aromatic nitrogens is 1. The molecule has 0 spiro atoms. The predicted molar refractivity (Wildman–Crippen MR) is 88.4 cm³/mol. The summed E-state index contributed by atoms with van der Waals surface area (Å²) in [6.07, 6.45) is 2.53. The number of anilines is 1. The van der Waals surface area contributed by atoms with Crippen LogP contribution in [0.1, 0.15) is 39.3 Å². The molecule has 1 aromatic heterocycles. The fourth-order valence-corrected chi connectivity index (χ4v) is 3.03. The first kappa shape index (κ1) is 14.2. The average Bonchev–Trinajstić information content (AvgIpc) is 2.98. The summed E-state index contributed by atoms with van der Waals surface area (Å²) < 4.78 is 5.38. The monoisotopic (exact) mass is 284 g/mol. The van der Waals surface area contributed by atoms with Crippen molar-refractivity contribution in [2.24, 2.45) is 0 Å². The minimum Gasteiger partial charge on any atom is -0.497 e. The minimum absolute atomic E-state index is 0.0303. The third-order valence-electron chi connectivity index (χ3n) is 4.17. The van der Waals surface area contributed by atoms with Crippen LogP contribution in [0, 0.1) is 0 Å². The molecule has 21 heavy (non-hydrogen) atoms. The quantitative estimate of drug-likeness (QED) is 0.828. The summed E-state index contributed by atoms with van der Waals surface area (Å²) in [5.41, 5.74) is 1.20. The highest BCUT2D eigenvalue weighted by molar-refractivity contribution is 5.89. The van der Waals surface area contributed by atoms with Gasteiger partial charge in [-0.25, -0.2) is 4.98 Å². The molecule has 3 nitrogen and oxygen atoms in total. The molecule has 2 heterocycles. The van der Waals surface area contributed by atoms with E-state index in [0.717, 1.165) is 24.7 Å². The number of ether oxygens (including phenoxy) is 1. The van der Waals surface area contributed by atoms with E-state index in [9.17, 15) is 0 Å². The molecule has 0 bridgehead atoms. The van der Waals surface area contributed by atoms with Crippen molar-refractivity contribution in [3.05, 3.63) is 30.0 Å². The smallest absolute Gasteiger partial charge is 0.129 e. The van der Waals surface area contributed by atoms with E-state index in [4.69, 9.17) is 9.72 Å². The zero-order valence-corrected chi connectivity index (χ0v) is 13.4. The van der Waals surface area contributed by atoms with Crippen LogP contribution in [0.15, 0.2) is 24.3 Å². The molecule has 1 aliphatic rings. The normalized spacial score (nSPS) is 15.7. The van der Waals surface area contributed by atoms with Crippen molar-refractivity contribution in [3.8, 4) is 5.75 Å². The fraction of sp³-hybridized carbons (Fsp3) is 0.500. The van der Waals surface area contributed by atoms with Crippen molar-refractivity contribution < 1.29 is 4.74 Å². The lowest BCUT2D eigenvalue weighted by Gasteiger charge is -2.24. The van der Waals surface area contributed by atoms with E-state index in [1.165, 1.54) is 29.3 Å². The van der Waals surface area contributed by atoms with E-state index in [0.29, 0.717) is 0 Å². The fourth-order valence-electron chi connectivity index (χ4n) is 3.03. The Morgan fingerprint density at radius 3 is 2.43 bits per heavy atom. The van der Waals surface area contributed by atoms with Gasteiger partial charge in [-0.05, 0) is 42.5 Å². The van der Waals surface area contributed by atoms with Crippen LogP contribution >= 0.6 is 0 Å². The molecule has 0 radical (unpaired) electrons. The van der Waals surface area contributed by atoms with Crippen molar-refractivity contribution >= 4 is 16.6 Å². The lowest BCUT2D eigenvalue weighted by Crippen LogP contribution is -2.22. The molecule has 1 saturated heterocycles. The van der Waals surface area contributed by atoms with Gasteiger partial charge in [0.1, 0.15) is 11.6 Å². The van der Waals surface area contributed by atoms with Crippen molar-refractivity contribution in [2.75, 3.05) is 25.1 Å². The molecule has 2 aromatic rings. The zero-order chi connectivity index (χ0) is 15.0. The topological polar surface area (TPSA) is 25.4 Å². The van der Waals surface area contributed by atoms with Crippen LogP contribution in [0.5, 0.6) is 5.75 Å². The van der Waals surface area contributed by atoms with Crippen LogP contribution in [-0.2, 0) is 5.41 Å². The second-order valence-corrected chi connectivity index (χ2v) is 6.86. The van der Waals surface area contributed by atoms with Gasteiger partial charge >= 0.3 is 0 Å². The molecule has 0 N–H and O–H groups in total. The maximum Gasteiger partial charge on any atom is 0.129 e. The summed E-state index contributed by atoms with van der Waals surface area (Å²) >= 11 is 0. The molecule has 3 heteroatoms. The molecule has 0 aliphatic carbocycles. The molecule has 0 atom stereocenters. The van der Waals surface area contributed by atoms with E-state index in [2.05, 4.69) is 43.9 Å². The standard InChI is InChI=1S/C18H24N2O/c1-18(2,3)17-15-8-7-14(21-4)11-13(15)12-16(19-17)20-9-5-6-10-20/h7-8,11-12H,5-6,9-10H2,1-4H3. The van der Waals surface area contributed by atoms with E-state index >= 15 is 0 Å². The highest BCUT2D eigenvalue weighted by Gasteiger charge is 2.22. The molecule has 3 rings (SSSR count). The van der Waals surface area contributed by atoms with Crippen molar-refractivity contribution in [3.63, 3.8) is 0 Å². The molecule has 0 unspecified atom stereocenters. The number of benzene rings is 1. The van der Waals surface area contributed by atoms with Gasteiger partial charge in [-0.15, -0.1) is 0 Å². The number of nitrogens with zero attached hydrogens (tertiary/aromatic N) is 2. The Kier molecular flexibility index (Phi) is 3.52. The SMILES string of the molecule is COc1ccc2c(C(C)(C)C)nc(N3CCCC3)cc2c1. The van der Waals surface area contributed by atoms with Gasteiger partial charge in [-0.3, -0.25) is 0 Å². The molecular formula is C18H24N2O. The number of hydrogen-bond acceptors (Lipinski definition) is 3. The van der Waals surface area contributed by atoms with Gasteiger partial charge in [-0.2, -0.15) is 0 Å². The van der Waals surface area contributed by atoms with Gasteiger partial charge in [0.05, 0.1) is 12.8 Å². The molecular weight excluding hydrogens is 260 g/mol. The van der Waals surface area contributed by atoms with Crippen LogP contribution in [0.2, 0.25) is 0 Å². The summed E-state index contributed by atoms with van der Waals surface area (Å²) in [5, 5.41) is 2.45. The van der Waals surface area contributed by atoms with Crippen LogP contribution in [0.25, 0.3) is 10.8 Å². The summed E-state index contributed by atoms with van der Waals surface area (Å²) in [4.78, 5) is 7.39. The Morgan fingerprint density at radius 2 is 1.81 bits per heavy atom. The third kappa shape index (κ3) is 2.69. The van der Waals surface area contributed by atoms with Crippen molar-refractivity contribution in [1.82, 2.24) is 4.98 Å². The largest absolute Gasteiger partial charge is 0.497 e. The lowest BCUT2D eigenvalue weighted by atomic mass is 9.88. The molecule has 1 fully saturated rings. The predicted octanol–water partition coefficient (Wildman–Crippen LogP) is 4.14. The zero-order valence-electron chi connectivity index (χ0n) is 13.4. The maximum atomic E-state index is 5.38. The number of hydrogen-bond donors (Lipinski definition) is 0. The maximum absolute atomic E-state index is 5.38. The molecule has 112 valence electrons. The van der Waals surface area contributed by atoms with Crippen LogP contribution < -0.4 is 9.64 Å². The highest BCUT2D eigenvalue weighted by Crippen LogP contribution is 2.33. The van der Waals surface area contributed by atoms with Crippen LogP contribution in [-0.4, -0.2) is 25.2 Å². The van der Waals surface area contributed by atoms with Gasteiger partial charge in [0.2, 0.25) is 0 Å².